The molecule has 0 aromatic heterocycles. The van der Waals surface area contributed by atoms with E-state index in [0.29, 0.717) is 28.1 Å². The minimum atomic E-state index is -0.491. The van der Waals surface area contributed by atoms with Crippen molar-refractivity contribution < 1.29 is 18.7 Å². The van der Waals surface area contributed by atoms with Gasteiger partial charge in [0.1, 0.15) is 5.82 Å². The number of amides is 1. The van der Waals surface area contributed by atoms with Crippen LogP contribution in [0.3, 0.4) is 0 Å². The van der Waals surface area contributed by atoms with E-state index in [9.17, 15) is 9.18 Å². The molecule has 0 saturated heterocycles. The lowest BCUT2D eigenvalue weighted by molar-refractivity contribution is 0.102. The molecule has 0 heterocycles. The molecule has 0 spiro atoms. The number of benzene rings is 2. The summed E-state index contributed by atoms with van der Waals surface area (Å²) in [5.74, 6) is 0.0502. The van der Waals surface area contributed by atoms with Gasteiger partial charge in [-0.1, -0.05) is 19.1 Å². The first-order chi connectivity index (χ1) is 11.1. The second-order valence-electron chi connectivity index (χ2n) is 4.77. The first kappa shape index (κ1) is 17.3. The Morgan fingerprint density at radius 1 is 1.30 bits per heavy atom. The lowest BCUT2D eigenvalue weighted by atomic mass is 10.1. The SMILES string of the molecule is CCCOc1c(Br)cc(C(=O)Nc2ccccc2F)cc1OC. The molecule has 122 valence electrons. The largest absolute Gasteiger partial charge is 0.493 e. The van der Waals surface area contributed by atoms with Crippen LogP contribution in [0.2, 0.25) is 0 Å². The summed E-state index contributed by atoms with van der Waals surface area (Å²) in [5, 5.41) is 2.54. The number of hydrogen-bond donors (Lipinski definition) is 1. The van der Waals surface area contributed by atoms with Crippen molar-refractivity contribution in [1.29, 1.82) is 0 Å². The van der Waals surface area contributed by atoms with Crippen LogP contribution in [0.4, 0.5) is 10.1 Å². The van der Waals surface area contributed by atoms with Gasteiger partial charge in [-0.25, -0.2) is 4.39 Å². The van der Waals surface area contributed by atoms with Crippen molar-refractivity contribution >= 4 is 27.5 Å². The van der Waals surface area contributed by atoms with Crippen molar-refractivity contribution in [2.45, 2.75) is 13.3 Å². The summed E-state index contributed by atoms with van der Waals surface area (Å²) in [7, 11) is 1.50. The van der Waals surface area contributed by atoms with Gasteiger partial charge in [0, 0.05) is 5.56 Å². The van der Waals surface area contributed by atoms with E-state index in [1.54, 1.807) is 24.3 Å². The van der Waals surface area contributed by atoms with Gasteiger partial charge in [-0.05, 0) is 46.6 Å². The minimum absolute atomic E-state index is 0.124. The fourth-order valence-corrected chi connectivity index (χ4v) is 2.51. The van der Waals surface area contributed by atoms with Gasteiger partial charge >= 0.3 is 0 Å². The number of anilines is 1. The molecule has 23 heavy (non-hydrogen) atoms. The summed E-state index contributed by atoms with van der Waals surface area (Å²) in [4.78, 5) is 12.3. The van der Waals surface area contributed by atoms with E-state index in [1.807, 2.05) is 6.92 Å². The summed E-state index contributed by atoms with van der Waals surface area (Å²) in [6, 6.07) is 9.17. The number of ether oxygens (including phenoxy) is 2. The van der Waals surface area contributed by atoms with Crippen LogP contribution in [0.25, 0.3) is 0 Å². The highest BCUT2D eigenvalue weighted by molar-refractivity contribution is 9.10. The predicted molar refractivity (Wildman–Crippen MR) is 90.8 cm³/mol. The van der Waals surface area contributed by atoms with Crippen molar-refractivity contribution in [2.24, 2.45) is 0 Å². The Balaban J connectivity index is 2.27. The second kappa shape index (κ2) is 7.97. The van der Waals surface area contributed by atoms with E-state index in [-0.39, 0.29) is 5.69 Å². The Morgan fingerprint density at radius 3 is 2.70 bits per heavy atom. The van der Waals surface area contributed by atoms with Crippen molar-refractivity contribution in [1.82, 2.24) is 0 Å². The molecule has 4 nitrogen and oxygen atoms in total. The van der Waals surface area contributed by atoms with E-state index in [0.717, 1.165) is 6.42 Å². The maximum atomic E-state index is 13.6. The number of carbonyl (C=O) groups excluding carboxylic acids is 1. The van der Waals surface area contributed by atoms with Gasteiger partial charge in [-0.2, -0.15) is 0 Å². The molecule has 0 aliphatic carbocycles. The molecule has 0 radical (unpaired) electrons. The van der Waals surface area contributed by atoms with Crippen molar-refractivity contribution in [2.75, 3.05) is 19.0 Å². The van der Waals surface area contributed by atoms with Crippen molar-refractivity contribution in [3.05, 3.63) is 52.3 Å². The fourth-order valence-electron chi connectivity index (χ4n) is 1.95. The lowest BCUT2D eigenvalue weighted by Crippen LogP contribution is -2.13. The second-order valence-corrected chi connectivity index (χ2v) is 5.63. The van der Waals surface area contributed by atoms with Crippen LogP contribution in [0.1, 0.15) is 23.7 Å². The van der Waals surface area contributed by atoms with Gasteiger partial charge in [0.05, 0.1) is 23.9 Å². The number of rotatable bonds is 6. The zero-order valence-electron chi connectivity index (χ0n) is 12.9. The maximum absolute atomic E-state index is 13.6. The van der Waals surface area contributed by atoms with Crippen LogP contribution in [-0.2, 0) is 0 Å². The van der Waals surface area contributed by atoms with Crippen molar-refractivity contribution in [3.63, 3.8) is 0 Å². The highest BCUT2D eigenvalue weighted by Crippen LogP contribution is 2.37. The van der Waals surface area contributed by atoms with Crippen LogP contribution < -0.4 is 14.8 Å². The standard InChI is InChI=1S/C17H17BrFNO3/c1-3-8-23-16-12(18)9-11(10-15(16)22-2)17(21)20-14-7-5-4-6-13(14)19/h4-7,9-10H,3,8H2,1-2H3,(H,20,21). The number of para-hydroxylation sites is 1. The minimum Gasteiger partial charge on any atom is -0.493 e. The summed E-state index contributed by atoms with van der Waals surface area (Å²) in [5.41, 5.74) is 0.458. The molecule has 0 aliphatic heterocycles. The highest BCUT2D eigenvalue weighted by Gasteiger charge is 2.16. The molecule has 0 unspecified atom stereocenters. The molecule has 2 aromatic rings. The summed E-state index contributed by atoms with van der Waals surface area (Å²) in [6.07, 6.45) is 0.852. The van der Waals surface area contributed by atoms with Crippen LogP contribution in [-0.4, -0.2) is 19.6 Å². The van der Waals surface area contributed by atoms with E-state index >= 15 is 0 Å². The van der Waals surface area contributed by atoms with Gasteiger partial charge in [-0.15, -0.1) is 0 Å². The average Bonchev–Trinajstić information content (AvgIpc) is 2.55. The summed E-state index contributed by atoms with van der Waals surface area (Å²) >= 11 is 3.38. The predicted octanol–water partition coefficient (Wildman–Crippen LogP) is 4.64. The zero-order chi connectivity index (χ0) is 16.8. The van der Waals surface area contributed by atoms with Gasteiger partial charge in [0.15, 0.2) is 11.5 Å². The molecule has 2 rings (SSSR count). The Bertz CT molecular complexity index is 706. The number of carbonyl (C=O) groups is 1. The fraction of sp³-hybridized carbons (Fsp3) is 0.235. The van der Waals surface area contributed by atoms with E-state index in [1.165, 1.54) is 19.2 Å². The van der Waals surface area contributed by atoms with Crippen LogP contribution >= 0.6 is 15.9 Å². The third-order valence-corrected chi connectivity index (χ3v) is 3.65. The number of methoxy groups -OCH3 is 1. The Hall–Kier alpha value is -2.08. The first-order valence-corrected chi connectivity index (χ1v) is 7.92. The molecule has 1 N–H and O–H groups in total. The van der Waals surface area contributed by atoms with E-state index < -0.39 is 11.7 Å². The maximum Gasteiger partial charge on any atom is 0.255 e. The quantitative estimate of drug-likeness (QED) is 0.792. The smallest absolute Gasteiger partial charge is 0.255 e. The summed E-state index contributed by atoms with van der Waals surface area (Å²) < 4.78 is 25.1. The molecule has 0 aliphatic rings. The Morgan fingerprint density at radius 2 is 2.04 bits per heavy atom. The molecule has 0 saturated carbocycles. The number of halogens is 2. The summed E-state index contributed by atoms with van der Waals surface area (Å²) in [6.45, 7) is 2.53. The molecular weight excluding hydrogens is 365 g/mol. The first-order valence-electron chi connectivity index (χ1n) is 7.13. The van der Waals surface area contributed by atoms with E-state index in [4.69, 9.17) is 9.47 Å². The van der Waals surface area contributed by atoms with Crippen LogP contribution in [0, 0.1) is 5.82 Å². The molecule has 6 heteroatoms. The molecule has 2 aromatic carbocycles. The third-order valence-electron chi connectivity index (χ3n) is 3.06. The van der Waals surface area contributed by atoms with Crippen LogP contribution in [0.15, 0.2) is 40.9 Å². The van der Waals surface area contributed by atoms with Gasteiger partial charge in [0.2, 0.25) is 0 Å². The van der Waals surface area contributed by atoms with Gasteiger partial charge < -0.3 is 14.8 Å². The van der Waals surface area contributed by atoms with Gasteiger partial charge in [0.25, 0.3) is 5.91 Å². The van der Waals surface area contributed by atoms with E-state index in [2.05, 4.69) is 21.2 Å². The molecule has 0 bridgehead atoms. The molecule has 1 amide bonds. The molecule has 0 fully saturated rings. The molecular formula is C17H17BrFNO3. The topological polar surface area (TPSA) is 47.6 Å². The van der Waals surface area contributed by atoms with Crippen LogP contribution in [0.5, 0.6) is 11.5 Å². The number of hydrogen-bond acceptors (Lipinski definition) is 3. The Labute approximate surface area is 142 Å². The average molecular weight is 382 g/mol. The third kappa shape index (κ3) is 4.22. The monoisotopic (exact) mass is 381 g/mol. The normalized spacial score (nSPS) is 10.3. The lowest BCUT2D eigenvalue weighted by Gasteiger charge is -2.14. The molecule has 0 atom stereocenters. The number of nitrogens with one attached hydrogen (secondary N) is 1. The van der Waals surface area contributed by atoms with Gasteiger partial charge in [-0.3, -0.25) is 4.79 Å². The Kier molecular flexibility index (Phi) is 5.98. The highest BCUT2D eigenvalue weighted by atomic mass is 79.9. The van der Waals surface area contributed by atoms with Crippen molar-refractivity contribution in [3.8, 4) is 11.5 Å². The zero-order valence-corrected chi connectivity index (χ0v) is 14.4.